The van der Waals surface area contributed by atoms with E-state index >= 15 is 0 Å². The third kappa shape index (κ3) is 4.00. The van der Waals surface area contributed by atoms with E-state index in [-0.39, 0.29) is 0 Å². The maximum atomic E-state index is 6.05. The van der Waals surface area contributed by atoms with Crippen LogP contribution in [0.15, 0.2) is 16.9 Å². The van der Waals surface area contributed by atoms with Crippen LogP contribution in [-0.2, 0) is 10.0 Å². The summed E-state index contributed by atoms with van der Waals surface area (Å²) in [5.74, 6) is 0.730. The molecule has 0 aliphatic heterocycles. The molecular weight excluding hydrogens is 272 g/mol. The number of hydrogen-bond acceptors (Lipinski definition) is 3. The maximum absolute atomic E-state index is 6.05. The minimum absolute atomic E-state index is 0.412. The molecule has 0 amide bonds. The normalized spacial score (nSPS) is 12.9. The van der Waals surface area contributed by atoms with Gasteiger partial charge in [-0.3, -0.25) is 0 Å². The molecule has 0 aromatic carbocycles. The molecule has 84 valence electrons. The summed E-state index contributed by atoms with van der Waals surface area (Å²) in [4.78, 5) is 8.55. The SMILES string of the molecule is CC(C)(O[Si](C)(C)C)c1ncc(Br)cn1. The van der Waals surface area contributed by atoms with Gasteiger partial charge in [0.15, 0.2) is 14.1 Å². The predicted molar refractivity (Wildman–Crippen MR) is 67.2 cm³/mol. The Balaban J connectivity index is 2.90. The van der Waals surface area contributed by atoms with Gasteiger partial charge in [0, 0.05) is 12.4 Å². The van der Waals surface area contributed by atoms with Gasteiger partial charge in [-0.2, -0.15) is 0 Å². The molecule has 5 heteroatoms. The molecule has 0 aliphatic rings. The van der Waals surface area contributed by atoms with Crippen LogP contribution in [0.4, 0.5) is 0 Å². The fraction of sp³-hybridized carbons (Fsp3) is 0.600. The lowest BCUT2D eigenvalue weighted by molar-refractivity contribution is 0.0898. The first kappa shape index (κ1) is 12.8. The van der Waals surface area contributed by atoms with Gasteiger partial charge >= 0.3 is 0 Å². The summed E-state index contributed by atoms with van der Waals surface area (Å²) in [7, 11) is -1.58. The molecule has 0 aliphatic carbocycles. The lowest BCUT2D eigenvalue weighted by Gasteiger charge is -2.31. The highest BCUT2D eigenvalue weighted by Crippen LogP contribution is 2.25. The Morgan fingerprint density at radius 3 is 2.07 bits per heavy atom. The van der Waals surface area contributed by atoms with E-state index in [1.54, 1.807) is 12.4 Å². The van der Waals surface area contributed by atoms with Crippen molar-refractivity contribution in [3.8, 4) is 0 Å². The average Bonchev–Trinajstić information content (AvgIpc) is 2.00. The van der Waals surface area contributed by atoms with Crippen molar-refractivity contribution in [2.75, 3.05) is 0 Å². The van der Waals surface area contributed by atoms with Crippen LogP contribution in [0, 0.1) is 0 Å². The van der Waals surface area contributed by atoms with Gasteiger partial charge in [-0.25, -0.2) is 9.97 Å². The largest absolute Gasteiger partial charge is 0.405 e. The minimum atomic E-state index is -1.58. The van der Waals surface area contributed by atoms with Crippen LogP contribution in [0.2, 0.25) is 19.6 Å². The zero-order valence-corrected chi connectivity index (χ0v) is 12.4. The Hall–Kier alpha value is -0.263. The standard InChI is InChI=1S/C10H17BrN2OSi/c1-10(2,14-15(3,4)5)9-12-6-8(11)7-13-9/h6-7H,1-5H3. The molecule has 0 N–H and O–H groups in total. The van der Waals surface area contributed by atoms with Gasteiger partial charge in [0.1, 0.15) is 5.60 Å². The average molecular weight is 289 g/mol. The first-order valence-corrected chi connectivity index (χ1v) is 9.09. The lowest BCUT2D eigenvalue weighted by Crippen LogP contribution is -2.37. The molecule has 0 atom stereocenters. The third-order valence-electron chi connectivity index (χ3n) is 1.72. The second-order valence-electron chi connectivity index (χ2n) is 4.95. The van der Waals surface area contributed by atoms with Crippen molar-refractivity contribution in [3.05, 3.63) is 22.7 Å². The van der Waals surface area contributed by atoms with Crippen LogP contribution < -0.4 is 0 Å². The van der Waals surface area contributed by atoms with Gasteiger partial charge in [-0.1, -0.05) is 0 Å². The van der Waals surface area contributed by atoms with Crippen molar-refractivity contribution in [1.82, 2.24) is 9.97 Å². The third-order valence-corrected chi connectivity index (χ3v) is 3.25. The summed E-state index contributed by atoms with van der Waals surface area (Å²) in [5, 5.41) is 0. The van der Waals surface area contributed by atoms with Gasteiger partial charge in [0.25, 0.3) is 0 Å². The van der Waals surface area contributed by atoms with Crippen LogP contribution in [0.1, 0.15) is 19.7 Å². The van der Waals surface area contributed by atoms with Gasteiger partial charge in [-0.15, -0.1) is 0 Å². The summed E-state index contributed by atoms with van der Waals surface area (Å²) in [6, 6.07) is 0. The summed E-state index contributed by atoms with van der Waals surface area (Å²) < 4.78 is 6.93. The number of halogens is 1. The van der Waals surface area contributed by atoms with Crippen molar-refractivity contribution in [2.24, 2.45) is 0 Å². The predicted octanol–water partition coefficient (Wildman–Crippen LogP) is 3.33. The smallest absolute Gasteiger partial charge is 0.185 e. The van der Waals surface area contributed by atoms with Crippen molar-refractivity contribution in [3.63, 3.8) is 0 Å². The van der Waals surface area contributed by atoms with E-state index in [9.17, 15) is 0 Å². The zero-order valence-electron chi connectivity index (χ0n) is 9.84. The molecule has 0 fully saturated rings. The summed E-state index contributed by atoms with van der Waals surface area (Å²) in [6.45, 7) is 10.5. The topological polar surface area (TPSA) is 35.0 Å². The summed E-state index contributed by atoms with van der Waals surface area (Å²) >= 11 is 3.32. The van der Waals surface area contributed by atoms with Crippen molar-refractivity contribution >= 4 is 24.2 Å². The van der Waals surface area contributed by atoms with Gasteiger partial charge in [-0.05, 0) is 49.4 Å². The van der Waals surface area contributed by atoms with E-state index in [1.807, 2.05) is 13.8 Å². The van der Waals surface area contributed by atoms with E-state index in [2.05, 4.69) is 45.5 Å². The van der Waals surface area contributed by atoms with E-state index in [0.29, 0.717) is 0 Å². The molecule has 1 aromatic rings. The van der Waals surface area contributed by atoms with Crippen molar-refractivity contribution in [1.29, 1.82) is 0 Å². The molecule has 15 heavy (non-hydrogen) atoms. The van der Waals surface area contributed by atoms with Crippen molar-refractivity contribution < 1.29 is 4.43 Å². The number of rotatable bonds is 3. The van der Waals surface area contributed by atoms with Gasteiger partial charge < -0.3 is 4.43 Å². The second-order valence-corrected chi connectivity index (χ2v) is 10.3. The zero-order chi connectivity index (χ0) is 11.7. The molecule has 0 unspecified atom stereocenters. The Morgan fingerprint density at radius 2 is 1.67 bits per heavy atom. The monoisotopic (exact) mass is 288 g/mol. The Morgan fingerprint density at radius 1 is 1.20 bits per heavy atom. The van der Waals surface area contributed by atoms with Gasteiger partial charge in [0.05, 0.1) is 4.47 Å². The highest BCUT2D eigenvalue weighted by molar-refractivity contribution is 9.10. The lowest BCUT2D eigenvalue weighted by atomic mass is 10.1. The summed E-state index contributed by atoms with van der Waals surface area (Å²) in [5.41, 5.74) is -0.412. The molecule has 1 rings (SSSR count). The first-order valence-electron chi connectivity index (χ1n) is 4.89. The highest BCUT2D eigenvalue weighted by Gasteiger charge is 2.31. The fourth-order valence-corrected chi connectivity index (χ4v) is 3.26. The molecule has 0 bridgehead atoms. The maximum Gasteiger partial charge on any atom is 0.185 e. The number of aromatic nitrogens is 2. The molecule has 0 spiro atoms. The fourth-order valence-electron chi connectivity index (χ4n) is 1.43. The van der Waals surface area contributed by atoms with E-state index < -0.39 is 13.9 Å². The molecule has 1 aromatic heterocycles. The van der Waals surface area contributed by atoms with Crippen LogP contribution in [0.3, 0.4) is 0 Å². The minimum Gasteiger partial charge on any atom is -0.405 e. The number of hydrogen-bond donors (Lipinski definition) is 0. The van der Waals surface area contributed by atoms with E-state index in [1.165, 1.54) is 0 Å². The van der Waals surface area contributed by atoms with Crippen LogP contribution >= 0.6 is 15.9 Å². The van der Waals surface area contributed by atoms with Crippen LogP contribution in [0.5, 0.6) is 0 Å². The Labute approximate surface area is 101 Å². The first-order chi connectivity index (χ1) is 6.71. The highest BCUT2D eigenvalue weighted by atomic mass is 79.9. The Bertz CT molecular complexity index is 332. The quantitative estimate of drug-likeness (QED) is 0.801. The molecule has 1 heterocycles. The molecule has 0 saturated heterocycles. The second kappa shape index (κ2) is 4.31. The molecule has 3 nitrogen and oxygen atoms in total. The van der Waals surface area contributed by atoms with E-state index in [0.717, 1.165) is 10.3 Å². The molecule has 0 saturated carbocycles. The molecule has 0 radical (unpaired) electrons. The molecular formula is C10H17BrN2OSi. The van der Waals surface area contributed by atoms with Crippen molar-refractivity contribution in [2.45, 2.75) is 39.1 Å². The van der Waals surface area contributed by atoms with E-state index in [4.69, 9.17) is 4.43 Å². The Kier molecular flexibility index (Phi) is 3.68. The van der Waals surface area contributed by atoms with Crippen LogP contribution in [0.25, 0.3) is 0 Å². The summed E-state index contributed by atoms with van der Waals surface area (Å²) in [6.07, 6.45) is 3.50. The van der Waals surface area contributed by atoms with Crippen LogP contribution in [-0.4, -0.2) is 18.3 Å². The number of nitrogens with zero attached hydrogens (tertiary/aromatic N) is 2. The van der Waals surface area contributed by atoms with Gasteiger partial charge in [0.2, 0.25) is 0 Å².